The Morgan fingerprint density at radius 1 is 1.06 bits per heavy atom. The molecule has 1 heterocycles. The molecule has 1 aliphatic heterocycles. The van der Waals surface area contributed by atoms with Gasteiger partial charge in [-0.15, -0.1) is 0 Å². The minimum Gasteiger partial charge on any atom is -0.480 e. The smallest absolute Gasteiger partial charge is 0.407 e. The van der Waals surface area contributed by atoms with E-state index in [0.29, 0.717) is 25.8 Å². The number of carboxylic acid groups (broad SMARTS) is 1. The Morgan fingerprint density at radius 3 is 2.37 bits per heavy atom. The van der Waals surface area contributed by atoms with Crippen LogP contribution in [0.3, 0.4) is 0 Å². The van der Waals surface area contributed by atoms with Crippen molar-refractivity contribution in [2.24, 2.45) is 11.3 Å². The van der Waals surface area contributed by atoms with Crippen molar-refractivity contribution in [3.63, 3.8) is 0 Å². The van der Waals surface area contributed by atoms with Crippen LogP contribution < -0.4 is 5.32 Å². The molecule has 35 heavy (non-hydrogen) atoms. The summed E-state index contributed by atoms with van der Waals surface area (Å²) in [7, 11) is 0. The summed E-state index contributed by atoms with van der Waals surface area (Å²) in [4.78, 5) is 39.6. The molecular weight excluding hydrogens is 444 g/mol. The average molecular weight is 475 g/mol. The Bertz CT molecular complexity index is 1180. The zero-order valence-corrected chi connectivity index (χ0v) is 19.8. The number of benzene rings is 2. The highest BCUT2D eigenvalue weighted by Crippen LogP contribution is 2.65. The number of ether oxygens (including phenoxy) is 1. The molecule has 2 saturated carbocycles. The molecule has 0 radical (unpaired) electrons. The second kappa shape index (κ2) is 7.83. The SMILES string of the molecule is CC1(C(=O)O)CCCN1C(=O)[C@]12C[C@H](NC(=O)OCC3c4ccccc4-c4ccccc43)C[C@H]1C2. The number of hydrogen-bond donors (Lipinski definition) is 2. The van der Waals surface area contributed by atoms with Crippen LogP contribution in [-0.2, 0) is 14.3 Å². The van der Waals surface area contributed by atoms with Gasteiger partial charge in [0.05, 0.1) is 5.41 Å². The quantitative estimate of drug-likeness (QED) is 0.679. The first-order valence-corrected chi connectivity index (χ1v) is 12.5. The predicted octanol–water partition coefficient (Wildman–Crippen LogP) is 4.16. The van der Waals surface area contributed by atoms with Crippen molar-refractivity contribution < 1.29 is 24.2 Å². The number of nitrogens with one attached hydrogen (secondary N) is 1. The number of hydrogen-bond acceptors (Lipinski definition) is 4. The molecule has 0 aromatic heterocycles. The number of aliphatic carboxylic acids is 1. The molecule has 182 valence electrons. The summed E-state index contributed by atoms with van der Waals surface area (Å²) in [6.07, 6.45) is 2.78. The Kier molecular flexibility index (Phi) is 4.95. The van der Waals surface area contributed by atoms with Gasteiger partial charge >= 0.3 is 12.1 Å². The Balaban J connectivity index is 1.08. The fourth-order valence-electron chi connectivity index (χ4n) is 6.85. The summed E-state index contributed by atoms with van der Waals surface area (Å²) in [5, 5.41) is 12.7. The van der Waals surface area contributed by atoms with Crippen molar-refractivity contribution in [1.29, 1.82) is 0 Å². The number of amides is 2. The number of carbonyl (C=O) groups excluding carboxylic acids is 2. The lowest BCUT2D eigenvalue weighted by atomic mass is 9.94. The number of fused-ring (bicyclic) bond motifs is 4. The van der Waals surface area contributed by atoms with Crippen molar-refractivity contribution in [2.75, 3.05) is 13.2 Å². The normalized spacial score (nSPS) is 30.4. The molecule has 0 spiro atoms. The maximum Gasteiger partial charge on any atom is 0.407 e. The van der Waals surface area contributed by atoms with Crippen LogP contribution in [-0.4, -0.2) is 52.7 Å². The largest absolute Gasteiger partial charge is 0.480 e. The van der Waals surface area contributed by atoms with Crippen LogP contribution in [0, 0.1) is 11.3 Å². The molecule has 3 aliphatic carbocycles. The number of rotatable bonds is 5. The van der Waals surface area contributed by atoms with Crippen LogP contribution in [0.15, 0.2) is 48.5 Å². The Morgan fingerprint density at radius 2 is 1.71 bits per heavy atom. The van der Waals surface area contributed by atoms with Gasteiger partial charge in [0.2, 0.25) is 5.91 Å². The third-order valence-electron chi connectivity index (χ3n) is 8.85. The van der Waals surface area contributed by atoms with E-state index in [9.17, 15) is 19.5 Å². The van der Waals surface area contributed by atoms with E-state index < -0.39 is 23.0 Å². The molecule has 0 bridgehead atoms. The van der Waals surface area contributed by atoms with Crippen LogP contribution in [0.4, 0.5) is 4.79 Å². The fourth-order valence-corrected chi connectivity index (χ4v) is 6.85. The van der Waals surface area contributed by atoms with Gasteiger partial charge < -0.3 is 20.1 Å². The van der Waals surface area contributed by atoms with E-state index in [-0.39, 0.29) is 30.4 Å². The van der Waals surface area contributed by atoms with Gasteiger partial charge in [0.15, 0.2) is 0 Å². The second-order valence-electron chi connectivity index (χ2n) is 10.8. The zero-order chi connectivity index (χ0) is 24.4. The van der Waals surface area contributed by atoms with Gasteiger partial charge in [0, 0.05) is 18.5 Å². The number of carbonyl (C=O) groups is 3. The van der Waals surface area contributed by atoms with Crippen LogP contribution in [0.1, 0.15) is 56.1 Å². The summed E-state index contributed by atoms with van der Waals surface area (Å²) in [5.74, 6) is -0.792. The highest BCUT2D eigenvalue weighted by atomic mass is 16.5. The van der Waals surface area contributed by atoms with E-state index in [4.69, 9.17) is 4.74 Å². The first kappa shape index (κ1) is 22.1. The maximum atomic E-state index is 13.4. The minimum absolute atomic E-state index is 0.00177. The third-order valence-corrected chi connectivity index (χ3v) is 8.85. The molecule has 2 N–H and O–H groups in total. The lowest BCUT2D eigenvalue weighted by molar-refractivity contribution is -0.157. The average Bonchev–Trinajstić information content (AvgIpc) is 3.13. The van der Waals surface area contributed by atoms with Crippen LogP contribution >= 0.6 is 0 Å². The lowest BCUT2D eigenvalue weighted by Crippen LogP contribution is -2.53. The standard InChI is InChI=1S/C28H30N2O5/c1-27(25(32)33)11-6-12-30(27)24(31)28-14-17(28)13-18(15-28)29-26(34)35-16-23-21-9-4-2-7-19(21)20-8-3-5-10-22(20)23/h2-5,7-10,17-18,23H,6,11-16H2,1H3,(H,29,34)(H,32,33)/t17-,18+,27?,28+/m0/s1. The molecule has 7 nitrogen and oxygen atoms in total. The van der Waals surface area contributed by atoms with Crippen molar-refractivity contribution in [1.82, 2.24) is 10.2 Å². The van der Waals surface area contributed by atoms with Crippen molar-refractivity contribution in [3.8, 4) is 11.1 Å². The van der Waals surface area contributed by atoms with E-state index >= 15 is 0 Å². The lowest BCUT2D eigenvalue weighted by Gasteiger charge is -2.34. The van der Waals surface area contributed by atoms with Crippen LogP contribution in [0.2, 0.25) is 0 Å². The second-order valence-corrected chi connectivity index (χ2v) is 10.8. The number of likely N-dealkylation sites (tertiary alicyclic amines) is 1. The van der Waals surface area contributed by atoms with Crippen LogP contribution in [0.25, 0.3) is 11.1 Å². The van der Waals surface area contributed by atoms with E-state index in [0.717, 1.165) is 12.8 Å². The first-order chi connectivity index (χ1) is 16.8. The monoisotopic (exact) mass is 474 g/mol. The summed E-state index contributed by atoms with van der Waals surface area (Å²) >= 11 is 0. The van der Waals surface area contributed by atoms with E-state index in [1.165, 1.54) is 22.3 Å². The van der Waals surface area contributed by atoms with Gasteiger partial charge in [0.1, 0.15) is 12.1 Å². The molecule has 2 amide bonds. The summed E-state index contributed by atoms with van der Waals surface area (Å²) in [5.41, 5.74) is 3.05. The van der Waals surface area contributed by atoms with Gasteiger partial charge in [0.25, 0.3) is 0 Å². The summed E-state index contributed by atoms with van der Waals surface area (Å²) < 4.78 is 5.69. The van der Waals surface area contributed by atoms with Gasteiger partial charge in [-0.2, -0.15) is 0 Å². The van der Waals surface area contributed by atoms with Gasteiger partial charge in [-0.25, -0.2) is 9.59 Å². The number of nitrogens with zero attached hydrogens (tertiary/aromatic N) is 1. The first-order valence-electron chi connectivity index (χ1n) is 12.5. The highest BCUT2D eigenvalue weighted by Gasteiger charge is 2.67. The van der Waals surface area contributed by atoms with Gasteiger partial charge in [-0.3, -0.25) is 4.79 Å². The topological polar surface area (TPSA) is 95.9 Å². The molecular formula is C28H30N2O5. The molecule has 1 unspecified atom stereocenters. The highest BCUT2D eigenvalue weighted by molar-refractivity contribution is 5.93. The third kappa shape index (κ3) is 3.35. The van der Waals surface area contributed by atoms with Crippen LogP contribution in [0.5, 0.6) is 0 Å². The molecule has 3 fully saturated rings. The summed E-state index contributed by atoms with van der Waals surface area (Å²) in [6.45, 7) is 2.39. The van der Waals surface area contributed by atoms with Crippen molar-refractivity contribution in [3.05, 3.63) is 59.7 Å². The van der Waals surface area contributed by atoms with Gasteiger partial charge in [-0.1, -0.05) is 48.5 Å². The molecule has 2 aromatic rings. The minimum atomic E-state index is -1.13. The number of carboxylic acids is 1. The molecule has 6 rings (SSSR count). The van der Waals surface area contributed by atoms with E-state index in [1.807, 2.05) is 24.3 Å². The molecule has 1 saturated heterocycles. The zero-order valence-electron chi connectivity index (χ0n) is 19.8. The fraction of sp³-hybridized carbons (Fsp3) is 0.464. The molecule has 4 atom stereocenters. The van der Waals surface area contributed by atoms with E-state index in [1.54, 1.807) is 11.8 Å². The predicted molar refractivity (Wildman–Crippen MR) is 129 cm³/mol. The molecule has 4 aliphatic rings. The van der Waals surface area contributed by atoms with Crippen molar-refractivity contribution >= 4 is 18.0 Å². The molecule has 7 heteroatoms. The maximum absolute atomic E-state index is 13.4. The number of alkyl carbamates (subject to hydrolysis) is 1. The Hall–Kier alpha value is -3.35. The van der Waals surface area contributed by atoms with Crippen molar-refractivity contribution in [2.45, 2.75) is 56.5 Å². The summed E-state index contributed by atoms with van der Waals surface area (Å²) in [6, 6.07) is 16.3. The van der Waals surface area contributed by atoms with Gasteiger partial charge in [-0.05, 0) is 67.2 Å². The molecule has 2 aromatic carbocycles. The van der Waals surface area contributed by atoms with E-state index in [2.05, 4.69) is 29.6 Å². The Labute approximate surface area is 204 Å².